The Balaban J connectivity index is 1.35. The first-order valence-electron chi connectivity index (χ1n) is 12.5. The van der Waals surface area contributed by atoms with Crippen LogP contribution in [-0.2, 0) is 19.3 Å². The first kappa shape index (κ1) is 24.8. The lowest BCUT2D eigenvalue weighted by Crippen LogP contribution is -2.17. The summed E-state index contributed by atoms with van der Waals surface area (Å²) in [6.45, 7) is 2.36. The van der Waals surface area contributed by atoms with Gasteiger partial charge in [-0.05, 0) is 31.4 Å². The molecule has 1 aliphatic carbocycles. The molecule has 1 fully saturated rings. The second-order valence-corrected chi connectivity index (χ2v) is 9.45. The molecular weight excluding hydrogens is 511 g/mol. The SMILES string of the molecule is CCn1cc(C(F)(F)F)nc1-c1ccc(Cn2c(=O)[nH]c3cnc(-c4c(OC)ncnc4C4CC4)cc32)cc1. The number of rotatable bonds is 7. The van der Waals surface area contributed by atoms with E-state index in [2.05, 4.69) is 24.9 Å². The summed E-state index contributed by atoms with van der Waals surface area (Å²) in [5.41, 5.74) is 3.56. The molecule has 200 valence electrons. The van der Waals surface area contributed by atoms with Gasteiger partial charge in [0.15, 0.2) is 5.69 Å². The van der Waals surface area contributed by atoms with Gasteiger partial charge < -0.3 is 14.3 Å². The van der Waals surface area contributed by atoms with Gasteiger partial charge in [0.05, 0.1) is 47.8 Å². The number of hydrogen-bond acceptors (Lipinski definition) is 6. The second-order valence-electron chi connectivity index (χ2n) is 9.45. The zero-order chi connectivity index (χ0) is 27.3. The fourth-order valence-electron chi connectivity index (χ4n) is 4.76. The predicted octanol–water partition coefficient (Wildman–Crippen LogP) is 5.02. The number of aromatic nitrogens is 7. The van der Waals surface area contributed by atoms with Gasteiger partial charge in [-0.25, -0.2) is 19.7 Å². The van der Waals surface area contributed by atoms with Crippen molar-refractivity contribution in [3.63, 3.8) is 0 Å². The van der Waals surface area contributed by atoms with Crippen LogP contribution in [0.15, 0.2) is 53.8 Å². The van der Waals surface area contributed by atoms with E-state index in [0.717, 1.165) is 35.9 Å². The van der Waals surface area contributed by atoms with Gasteiger partial charge in [-0.2, -0.15) is 13.2 Å². The Morgan fingerprint density at radius 1 is 1.13 bits per heavy atom. The monoisotopic (exact) mass is 535 g/mol. The molecule has 1 aliphatic rings. The van der Waals surface area contributed by atoms with Crippen molar-refractivity contribution in [1.29, 1.82) is 0 Å². The van der Waals surface area contributed by atoms with Gasteiger partial charge >= 0.3 is 11.9 Å². The largest absolute Gasteiger partial charge is 0.480 e. The van der Waals surface area contributed by atoms with E-state index in [-0.39, 0.29) is 18.1 Å². The summed E-state index contributed by atoms with van der Waals surface area (Å²) in [6.07, 6.45) is 1.67. The number of H-pyrrole nitrogens is 1. The molecular formula is C27H24F3N7O2. The topological polar surface area (TPSA) is 104 Å². The van der Waals surface area contributed by atoms with E-state index >= 15 is 0 Å². The average Bonchev–Trinajstić information content (AvgIpc) is 3.60. The van der Waals surface area contributed by atoms with Crippen LogP contribution in [0.3, 0.4) is 0 Å². The highest BCUT2D eigenvalue weighted by molar-refractivity contribution is 5.81. The van der Waals surface area contributed by atoms with Gasteiger partial charge in [-0.3, -0.25) is 9.55 Å². The van der Waals surface area contributed by atoms with Crippen molar-refractivity contribution in [2.45, 2.75) is 44.9 Å². The van der Waals surface area contributed by atoms with Crippen molar-refractivity contribution in [2.75, 3.05) is 7.11 Å². The van der Waals surface area contributed by atoms with Crippen LogP contribution in [-0.4, -0.2) is 41.2 Å². The first-order chi connectivity index (χ1) is 18.8. The Morgan fingerprint density at radius 3 is 2.56 bits per heavy atom. The molecule has 0 aliphatic heterocycles. The maximum absolute atomic E-state index is 13.2. The first-order valence-corrected chi connectivity index (χ1v) is 12.5. The second kappa shape index (κ2) is 9.37. The molecule has 1 aromatic carbocycles. The standard InChI is InChI=1S/C27H24F3N7O2/c1-3-36-13-21(27(28,29)30)35-24(36)17-6-4-15(5-7-17)12-37-20-10-18(31-11-19(20)34-26(37)38)22-23(16-8-9-16)32-14-33-25(22)39-2/h4-7,10-11,13-14,16H,3,8-9,12H2,1-2H3,(H,34,38). The molecule has 0 saturated heterocycles. The van der Waals surface area contributed by atoms with Crippen LogP contribution in [0.2, 0.25) is 0 Å². The molecule has 4 heterocycles. The van der Waals surface area contributed by atoms with E-state index in [4.69, 9.17) is 4.74 Å². The van der Waals surface area contributed by atoms with Gasteiger partial charge in [0.2, 0.25) is 5.88 Å². The minimum absolute atomic E-state index is 0.238. The lowest BCUT2D eigenvalue weighted by molar-refractivity contribution is -0.140. The molecule has 6 rings (SSSR count). The van der Waals surface area contributed by atoms with Crippen molar-refractivity contribution in [2.24, 2.45) is 0 Å². The number of aryl methyl sites for hydroxylation is 1. The summed E-state index contributed by atoms with van der Waals surface area (Å²) in [5.74, 6) is 0.997. The highest BCUT2D eigenvalue weighted by atomic mass is 19.4. The summed E-state index contributed by atoms with van der Waals surface area (Å²) in [5, 5.41) is 0. The summed E-state index contributed by atoms with van der Waals surface area (Å²) < 4.78 is 48.1. The molecule has 0 atom stereocenters. The number of ether oxygens (including phenoxy) is 1. The highest BCUT2D eigenvalue weighted by Gasteiger charge is 2.35. The van der Waals surface area contributed by atoms with Crippen molar-refractivity contribution >= 4 is 11.0 Å². The number of hydrogen-bond donors (Lipinski definition) is 1. The number of fused-ring (bicyclic) bond motifs is 1. The Bertz CT molecular complexity index is 1730. The number of alkyl halides is 3. The van der Waals surface area contributed by atoms with Gasteiger partial charge in [0, 0.05) is 24.2 Å². The molecule has 1 N–H and O–H groups in total. The predicted molar refractivity (Wildman–Crippen MR) is 137 cm³/mol. The third-order valence-electron chi connectivity index (χ3n) is 6.88. The van der Waals surface area contributed by atoms with Crippen LogP contribution < -0.4 is 10.4 Å². The number of nitrogens with zero attached hydrogens (tertiary/aromatic N) is 6. The maximum atomic E-state index is 13.2. The molecule has 9 nitrogen and oxygen atoms in total. The van der Waals surface area contributed by atoms with Gasteiger partial charge in [-0.1, -0.05) is 24.3 Å². The van der Waals surface area contributed by atoms with Crippen LogP contribution in [0.25, 0.3) is 33.7 Å². The lowest BCUT2D eigenvalue weighted by atomic mass is 10.1. The minimum atomic E-state index is -4.52. The molecule has 0 bridgehead atoms. The molecule has 0 amide bonds. The quantitative estimate of drug-likeness (QED) is 0.314. The molecule has 1 saturated carbocycles. The lowest BCUT2D eigenvalue weighted by Gasteiger charge is -2.12. The van der Waals surface area contributed by atoms with E-state index in [1.165, 1.54) is 10.9 Å². The number of halogens is 3. The van der Waals surface area contributed by atoms with E-state index in [1.807, 2.05) is 6.07 Å². The number of nitrogens with one attached hydrogen (secondary N) is 1. The molecule has 12 heteroatoms. The Labute approximate surface area is 220 Å². The van der Waals surface area contributed by atoms with Crippen LogP contribution in [0, 0.1) is 0 Å². The number of benzene rings is 1. The van der Waals surface area contributed by atoms with E-state index in [0.29, 0.717) is 40.6 Å². The van der Waals surface area contributed by atoms with Gasteiger partial charge in [0.25, 0.3) is 0 Å². The Hall–Kier alpha value is -4.48. The van der Waals surface area contributed by atoms with E-state index in [1.54, 1.807) is 49.1 Å². The molecule has 0 spiro atoms. The maximum Gasteiger partial charge on any atom is 0.434 e. The fourth-order valence-corrected chi connectivity index (χ4v) is 4.76. The molecule has 39 heavy (non-hydrogen) atoms. The fraction of sp³-hybridized carbons (Fsp3) is 0.296. The minimum Gasteiger partial charge on any atom is -0.480 e. The molecule has 0 unspecified atom stereocenters. The summed E-state index contributed by atoms with van der Waals surface area (Å²) in [6, 6.07) is 8.81. The zero-order valence-electron chi connectivity index (χ0n) is 21.2. The van der Waals surface area contributed by atoms with Crippen molar-refractivity contribution in [1.82, 2.24) is 34.1 Å². The van der Waals surface area contributed by atoms with Gasteiger partial charge in [-0.15, -0.1) is 0 Å². The summed E-state index contributed by atoms with van der Waals surface area (Å²) >= 11 is 0. The average molecular weight is 536 g/mol. The normalized spacial score (nSPS) is 13.8. The van der Waals surface area contributed by atoms with Crippen LogP contribution in [0.1, 0.15) is 42.6 Å². The van der Waals surface area contributed by atoms with Crippen LogP contribution in [0.4, 0.5) is 13.2 Å². The third kappa shape index (κ3) is 4.55. The molecule has 4 aromatic heterocycles. The molecule has 5 aromatic rings. The third-order valence-corrected chi connectivity index (χ3v) is 6.88. The van der Waals surface area contributed by atoms with Crippen molar-refractivity contribution in [3.8, 4) is 28.5 Å². The zero-order valence-corrected chi connectivity index (χ0v) is 21.2. The number of imidazole rings is 2. The smallest absolute Gasteiger partial charge is 0.434 e. The van der Waals surface area contributed by atoms with Gasteiger partial charge in [0.1, 0.15) is 12.2 Å². The Kier molecular flexibility index (Phi) is 5.96. The molecule has 0 radical (unpaired) electrons. The summed E-state index contributed by atoms with van der Waals surface area (Å²) in [4.78, 5) is 32.8. The van der Waals surface area contributed by atoms with Crippen molar-refractivity contribution in [3.05, 3.63) is 76.5 Å². The number of methoxy groups -OCH3 is 1. The Morgan fingerprint density at radius 2 is 1.90 bits per heavy atom. The number of pyridine rings is 1. The van der Waals surface area contributed by atoms with Crippen LogP contribution in [0.5, 0.6) is 5.88 Å². The highest BCUT2D eigenvalue weighted by Crippen LogP contribution is 2.45. The summed E-state index contributed by atoms with van der Waals surface area (Å²) in [7, 11) is 1.55. The number of aromatic amines is 1. The van der Waals surface area contributed by atoms with E-state index < -0.39 is 11.9 Å². The van der Waals surface area contributed by atoms with Crippen LogP contribution >= 0.6 is 0 Å². The van der Waals surface area contributed by atoms with E-state index in [9.17, 15) is 18.0 Å². The van der Waals surface area contributed by atoms with Crippen molar-refractivity contribution < 1.29 is 17.9 Å².